The monoisotopic (exact) mass is 432 g/mol. The third-order valence-corrected chi connectivity index (χ3v) is 4.89. The van der Waals surface area contributed by atoms with Gasteiger partial charge in [0, 0.05) is 0 Å². The van der Waals surface area contributed by atoms with E-state index in [2.05, 4.69) is 8.05 Å². The molecule has 3 aromatic rings. The summed E-state index contributed by atoms with van der Waals surface area (Å²) >= 11 is -1.50. The quantitative estimate of drug-likeness (QED) is 0.631. The second-order valence-electron chi connectivity index (χ2n) is 4.72. The number of aromatic amines is 1. The number of aromatic nitrogens is 1. The SMILES string of the molecule is O=C(O[I-]c1cccc(-c2cc3ccccc3[nH]2)c1)C(F)(F)F. The molecule has 1 heterocycles. The molecular formula is C16H10F3INO2-. The molecule has 0 atom stereocenters. The maximum atomic E-state index is 12.2. The Labute approximate surface area is 140 Å². The van der Waals surface area contributed by atoms with Gasteiger partial charge in [-0.3, -0.25) is 0 Å². The average molecular weight is 432 g/mol. The number of para-hydroxylation sites is 1. The minimum absolute atomic E-state index is 0.595. The molecule has 23 heavy (non-hydrogen) atoms. The molecule has 0 aliphatic carbocycles. The molecule has 0 unspecified atom stereocenters. The van der Waals surface area contributed by atoms with Crippen LogP contribution in [0, 0.1) is 3.57 Å². The van der Waals surface area contributed by atoms with Gasteiger partial charge in [0.15, 0.2) is 0 Å². The number of hydrogen-bond donors (Lipinski definition) is 1. The van der Waals surface area contributed by atoms with E-state index in [-0.39, 0.29) is 0 Å². The van der Waals surface area contributed by atoms with Crippen LogP contribution in [0.4, 0.5) is 13.2 Å². The van der Waals surface area contributed by atoms with E-state index in [1.54, 1.807) is 18.2 Å². The maximum absolute atomic E-state index is 12.2. The van der Waals surface area contributed by atoms with Crippen LogP contribution >= 0.6 is 0 Å². The van der Waals surface area contributed by atoms with Crippen molar-refractivity contribution in [3.8, 4) is 11.3 Å². The van der Waals surface area contributed by atoms with Gasteiger partial charge in [-0.1, -0.05) is 0 Å². The van der Waals surface area contributed by atoms with Crippen molar-refractivity contribution in [2.75, 3.05) is 0 Å². The molecule has 0 bridgehead atoms. The van der Waals surface area contributed by atoms with Crippen LogP contribution in [0.2, 0.25) is 0 Å². The number of alkyl halides is 3. The fourth-order valence-electron chi connectivity index (χ4n) is 2.06. The zero-order chi connectivity index (χ0) is 16.4. The Hall–Kier alpha value is -2.03. The van der Waals surface area contributed by atoms with E-state index in [1.165, 1.54) is 0 Å². The van der Waals surface area contributed by atoms with E-state index in [1.807, 2.05) is 36.4 Å². The Morgan fingerprint density at radius 1 is 1.04 bits per heavy atom. The third-order valence-electron chi connectivity index (χ3n) is 3.09. The van der Waals surface area contributed by atoms with Gasteiger partial charge in [0.25, 0.3) is 0 Å². The Morgan fingerprint density at radius 2 is 1.83 bits per heavy atom. The number of nitrogens with one attached hydrogen (secondary N) is 1. The molecule has 0 aliphatic heterocycles. The van der Waals surface area contributed by atoms with Crippen molar-refractivity contribution >= 4 is 16.9 Å². The van der Waals surface area contributed by atoms with Crippen LogP contribution in [-0.2, 0) is 7.86 Å². The van der Waals surface area contributed by atoms with Gasteiger partial charge in [0.05, 0.1) is 0 Å². The Morgan fingerprint density at radius 3 is 2.57 bits per heavy atom. The summed E-state index contributed by atoms with van der Waals surface area (Å²) in [7, 11) is 0. The molecule has 1 N–H and O–H groups in total. The molecule has 0 radical (unpaired) electrons. The van der Waals surface area contributed by atoms with E-state index in [0.717, 1.165) is 22.2 Å². The minimum atomic E-state index is -4.95. The molecule has 0 saturated carbocycles. The van der Waals surface area contributed by atoms with E-state index < -0.39 is 33.8 Å². The van der Waals surface area contributed by atoms with Gasteiger partial charge >= 0.3 is 140 Å². The van der Waals surface area contributed by atoms with Crippen LogP contribution < -0.4 is 21.6 Å². The summed E-state index contributed by atoms with van der Waals surface area (Å²) in [6.45, 7) is 0. The van der Waals surface area contributed by atoms with Crippen molar-refractivity contribution in [2.24, 2.45) is 0 Å². The third kappa shape index (κ3) is 3.66. The van der Waals surface area contributed by atoms with Crippen molar-refractivity contribution in [2.45, 2.75) is 6.18 Å². The molecule has 0 aliphatic rings. The molecule has 0 amide bonds. The second-order valence-corrected chi connectivity index (χ2v) is 6.85. The van der Waals surface area contributed by atoms with E-state index >= 15 is 0 Å². The van der Waals surface area contributed by atoms with Crippen LogP contribution in [0.15, 0.2) is 54.6 Å². The first-order chi connectivity index (χ1) is 10.9. The van der Waals surface area contributed by atoms with Crippen molar-refractivity contribution in [3.63, 3.8) is 0 Å². The number of H-pyrrole nitrogens is 1. The van der Waals surface area contributed by atoms with E-state index in [9.17, 15) is 18.0 Å². The fourth-order valence-corrected chi connectivity index (χ4v) is 3.58. The molecule has 3 nitrogen and oxygen atoms in total. The number of carbonyl (C=O) groups excluding carboxylic acids is 1. The Kier molecular flexibility index (Phi) is 4.29. The fraction of sp³-hybridized carbons (Fsp3) is 0.0625. The summed E-state index contributed by atoms with van der Waals surface area (Å²) in [5, 5.41) is 1.05. The molecule has 7 heteroatoms. The van der Waals surface area contributed by atoms with Crippen LogP contribution in [-0.4, -0.2) is 17.1 Å². The molecule has 0 spiro atoms. The first kappa shape index (κ1) is 15.9. The van der Waals surface area contributed by atoms with Gasteiger partial charge in [-0.25, -0.2) is 0 Å². The number of hydrogen-bond acceptors (Lipinski definition) is 2. The molecule has 2 aromatic carbocycles. The number of benzene rings is 2. The van der Waals surface area contributed by atoms with E-state index in [0.29, 0.717) is 3.57 Å². The number of halogens is 4. The van der Waals surface area contributed by atoms with Crippen molar-refractivity contribution in [1.82, 2.24) is 4.98 Å². The first-order valence-electron chi connectivity index (χ1n) is 6.54. The summed E-state index contributed by atoms with van der Waals surface area (Å²) in [5.74, 6) is -2.14. The molecule has 3 rings (SSSR count). The van der Waals surface area contributed by atoms with Crippen molar-refractivity contribution in [1.29, 1.82) is 0 Å². The number of rotatable bonds is 3. The summed E-state index contributed by atoms with van der Waals surface area (Å²) in [5.41, 5.74) is 2.67. The van der Waals surface area contributed by atoms with Crippen LogP contribution in [0.1, 0.15) is 0 Å². The van der Waals surface area contributed by atoms with Crippen molar-refractivity contribution in [3.05, 3.63) is 58.2 Å². The van der Waals surface area contributed by atoms with Gasteiger partial charge in [0.1, 0.15) is 0 Å². The molecule has 1 aromatic heterocycles. The number of carbonyl (C=O) groups is 1. The van der Waals surface area contributed by atoms with Crippen LogP contribution in [0.5, 0.6) is 0 Å². The predicted octanol–water partition coefficient (Wildman–Crippen LogP) is 1.11. The molecule has 0 fully saturated rings. The van der Waals surface area contributed by atoms with Crippen LogP contribution in [0.3, 0.4) is 0 Å². The van der Waals surface area contributed by atoms with Gasteiger partial charge in [-0.2, -0.15) is 0 Å². The standard InChI is InChI=1S/C16H10F3INO2/c17-16(18,19)15(22)23-20-12-6-3-5-10(8-12)14-9-11-4-1-2-7-13(11)21-14/h1-9,21H/q-1. The summed E-state index contributed by atoms with van der Waals surface area (Å²) in [6.07, 6.45) is -4.95. The zero-order valence-electron chi connectivity index (χ0n) is 11.5. The predicted molar refractivity (Wildman–Crippen MR) is 74.6 cm³/mol. The molecular weight excluding hydrogens is 422 g/mol. The van der Waals surface area contributed by atoms with E-state index in [4.69, 9.17) is 0 Å². The van der Waals surface area contributed by atoms with Crippen molar-refractivity contribution < 1.29 is 42.7 Å². The summed E-state index contributed by atoms with van der Waals surface area (Å²) < 4.78 is 41.4. The topological polar surface area (TPSA) is 42.1 Å². The Balaban J connectivity index is 1.81. The first-order valence-corrected chi connectivity index (χ1v) is 8.50. The number of fused-ring (bicyclic) bond motifs is 1. The Bertz CT molecular complexity index is 825. The summed E-state index contributed by atoms with van der Waals surface area (Å²) in [6, 6.07) is 16.7. The molecule has 120 valence electrons. The van der Waals surface area contributed by atoms with Gasteiger partial charge in [0.2, 0.25) is 0 Å². The van der Waals surface area contributed by atoms with Gasteiger partial charge < -0.3 is 0 Å². The van der Waals surface area contributed by atoms with Crippen LogP contribution in [0.25, 0.3) is 22.2 Å². The van der Waals surface area contributed by atoms with Gasteiger partial charge in [-0.05, 0) is 0 Å². The van der Waals surface area contributed by atoms with Gasteiger partial charge in [-0.15, -0.1) is 0 Å². The normalized spacial score (nSPS) is 11.8. The zero-order valence-corrected chi connectivity index (χ0v) is 13.7. The molecule has 0 saturated heterocycles. The second kappa shape index (κ2) is 6.23. The summed E-state index contributed by atoms with van der Waals surface area (Å²) in [4.78, 5) is 14.0. The average Bonchev–Trinajstić information content (AvgIpc) is 2.96.